The first kappa shape index (κ1) is 44.9. The second-order valence-electron chi connectivity index (χ2n) is 18.3. The van der Waals surface area contributed by atoms with Crippen LogP contribution in [0.3, 0.4) is 0 Å². The second-order valence-corrected chi connectivity index (χ2v) is 28.9. The van der Waals surface area contributed by atoms with Gasteiger partial charge < -0.3 is 8.98 Å². The molecule has 9 aromatic rings. The Morgan fingerprint density at radius 1 is 0.694 bits per heavy atom. The summed E-state index contributed by atoms with van der Waals surface area (Å²) < 4.78 is 10.3. The number of nitrogens with zero attached hydrogens (tertiary/aromatic N) is 4. The quantitative estimate of drug-likeness (QED) is 0.107. The number of aryl methyl sites for hydroxylation is 1. The van der Waals surface area contributed by atoms with Gasteiger partial charge in [0.15, 0.2) is 0 Å². The third-order valence-electron chi connectivity index (χ3n) is 11.4. The largest absolute Gasteiger partial charge is 0.499 e. The molecule has 0 spiro atoms. The van der Waals surface area contributed by atoms with Gasteiger partial charge in [0.1, 0.15) is 5.58 Å². The van der Waals surface area contributed by atoms with Gasteiger partial charge in [0.2, 0.25) is 0 Å². The van der Waals surface area contributed by atoms with E-state index in [0.29, 0.717) is 17.8 Å². The van der Waals surface area contributed by atoms with Crippen molar-refractivity contribution in [3.05, 3.63) is 162 Å². The van der Waals surface area contributed by atoms with Crippen LogP contribution < -0.4 is 4.40 Å². The van der Waals surface area contributed by atoms with E-state index in [1.807, 2.05) is 37.4 Å². The van der Waals surface area contributed by atoms with Crippen LogP contribution in [0.1, 0.15) is 75.8 Å². The Bertz CT molecular complexity index is 2950. The van der Waals surface area contributed by atoms with E-state index in [-0.39, 0.29) is 20.1 Å². The molecule has 0 bridgehead atoms. The van der Waals surface area contributed by atoms with Crippen molar-refractivity contribution in [2.24, 2.45) is 5.92 Å². The molecule has 9 rings (SSSR count). The summed E-state index contributed by atoms with van der Waals surface area (Å²) in [4.78, 5) is 14.4. The van der Waals surface area contributed by atoms with E-state index in [9.17, 15) is 0 Å². The minimum Gasteiger partial charge on any atom is -0.499 e. The Morgan fingerprint density at radius 2 is 1.39 bits per heavy atom. The Labute approximate surface area is 383 Å². The minimum absolute atomic E-state index is 0. The van der Waals surface area contributed by atoms with Crippen LogP contribution in [0.25, 0.3) is 72.4 Å². The van der Waals surface area contributed by atoms with Crippen molar-refractivity contribution in [3.8, 4) is 39.5 Å². The maximum absolute atomic E-state index is 6.47. The van der Waals surface area contributed by atoms with Crippen LogP contribution in [0.15, 0.2) is 132 Å². The first-order chi connectivity index (χ1) is 29.3. The fraction of sp³-hybridized carbons (Fsp3) is 0.255. The molecule has 0 aliphatic carbocycles. The van der Waals surface area contributed by atoms with E-state index in [2.05, 4.69) is 178 Å². The molecule has 1 radical (unpaired) electrons. The third-order valence-corrected chi connectivity index (χ3v) is 15.7. The van der Waals surface area contributed by atoms with Crippen molar-refractivity contribution < 1.29 is 24.5 Å². The molecule has 0 unspecified atom stereocenters. The van der Waals surface area contributed by atoms with Gasteiger partial charge in [0.25, 0.3) is 0 Å². The van der Waals surface area contributed by atoms with Crippen molar-refractivity contribution >= 4 is 50.6 Å². The van der Waals surface area contributed by atoms with E-state index in [1.165, 1.54) is 33.5 Å². The van der Waals surface area contributed by atoms with Crippen LogP contribution in [0, 0.1) is 25.0 Å². The van der Waals surface area contributed by atoms with E-state index < -0.39 is 13.3 Å². The smallest absolute Gasteiger partial charge is 0.139 e. The standard InChI is InChI=1S/C37H32N3O.C18H24GeN.Ir/c1-22(2)29-19-26(25-12-7-6-8-13-25)20-30(23(3)4)35(29)40-33-17-10-9-16-32(33)39-37(40)28-15-11-14-27-31-18-24(5)38-21-34(31)41-36(27)28;1-14(2)11-16-12-18(15-9-7-6-8-10-15)20-13-17(16)19(3,4)5;/h6-14,16-23H,1-5H3;6-9,12-14H,11H2,1-5H3;/q2*-1;. The van der Waals surface area contributed by atoms with Crippen LogP contribution in [0.4, 0.5) is 0 Å². The summed E-state index contributed by atoms with van der Waals surface area (Å²) in [7, 11) is 0. The Hall–Kier alpha value is -5.14. The van der Waals surface area contributed by atoms with Crippen molar-refractivity contribution in [3.63, 3.8) is 0 Å². The zero-order valence-corrected chi connectivity index (χ0v) is 42.1. The summed E-state index contributed by atoms with van der Waals surface area (Å²) in [6.07, 6.45) is 5.08. The number of hydrogen-bond acceptors (Lipinski definition) is 4. The zero-order chi connectivity index (χ0) is 43.0. The van der Waals surface area contributed by atoms with Crippen molar-refractivity contribution in [1.82, 2.24) is 19.5 Å². The first-order valence-corrected chi connectivity index (χ1v) is 29.0. The molecule has 4 heterocycles. The van der Waals surface area contributed by atoms with Crippen LogP contribution in [-0.2, 0) is 26.5 Å². The molecule has 4 aromatic heterocycles. The number of imidazole rings is 1. The van der Waals surface area contributed by atoms with E-state index >= 15 is 0 Å². The summed E-state index contributed by atoms with van der Waals surface area (Å²) in [6.45, 7) is 15.7. The average Bonchev–Trinajstić information content (AvgIpc) is 3.82. The van der Waals surface area contributed by atoms with Crippen LogP contribution >= 0.6 is 0 Å². The molecule has 7 heteroatoms. The fourth-order valence-electron chi connectivity index (χ4n) is 8.43. The number of furan rings is 1. The molecule has 0 aliphatic heterocycles. The molecule has 0 saturated heterocycles. The number of rotatable bonds is 9. The Morgan fingerprint density at radius 3 is 2.05 bits per heavy atom. The van der Waals surface area contributed by atoms with Gasteiger partial charge >= 0.3 is 126 Å². The molecular weight excluding hydrogens is 997 g/mol. The third kappa shape index (κ3) is 9.15. The van der Waals surface area contributed by atoms with Gasteiger partial charge in [0, 0.05) is 36.9 Å². The predicted molar refractivity (Wildman–Crippen MR) is 259 cm³/mol. The van der Waals surface area contributed by atoms with E-state index in [4.69, 9.17) is 14.4 Å². The predicted octanol–water partition coefficient (Wildman–Crippen LogP) is 14.3. The van der Waals surface area contributed by atoms with Crippen LogP contribution in [0.2, 0.25) is 17.3 Å². The minimum atomic E-state index is -1.86. The molecule has 0 fully saturated rings. The maximum Gasteiger partial charge on any atom is 0.139 e. The molecule has 5 nitrogen and oxygen atoms in total. The van der Waals surface area contributed by atoms with Crippen molar-refractivity contribution in [2.45, 2.75) is 84.0 Å². The van der Waals surface area contributed by atoms with Crippen LogP contribution in [-0.4, -0.2) is 32.8 Å². The summed E-state index contributed by atoms with van der Waals surface area (Å²) >= 11 is -1.86. The number of hydrogen-bond donors (Lipinski definition) is 0. The molecular formula is C55H56GeIrN4O-2. The van der Waals surface area contributed by atoms with Gasteiger partial charge in [-0.1, -0.05) is 81.1 Å². The van der Waals surface area contributed by atoms with Gasteiger partial charge in [-0.05, 0) is 71.3 Å². The summed E-state index contributed by atoms with van der Waals surface area (Å²) in [5.41, 5.74) is 15.2. The second kappa shape index (κ2) is 18.7. The number of aromatic nitrogens is 4. The molecule has 0 amide bonds. The van der Waals surface area contributed by atoms with E-state index in [0.717, 1.165) is 67.7 Å². The molecule has 0 N–H and O–H groups in total. The fourth-order valence-corrected chi connectivity index (χ4v) is 11.8. The maximum atomic E-state index is 6.47. The normalized spacial score (nSPS) is 11.8. The Kier molecular flexibility index (Phi) is 13.5. The molecule has 317 valence electrons. The molecule has 5 aromatic carbocycles. The topological polar surface area (TPSA) is 56.7 Å². The van der Waals surface area contributed by atoms with Crippen molar-refractivity contribution in [2.75, 3.05) is 0 Å². The molecule has 0 atom stereocenters. The zero-order valence-electron chi connectivity index (χ0n) is 37.6. The van der Waals surface area contributed by atoms with Crippen LogP contribution in [0.5, 0.6) is 0 Å². The van der Waals surface area contributed by atoms with Gasteiger partial charge in [-0.2, -0.15) is 0 Å². The molecule has 62 heavy (non-hydrogen) atoms. The number of para-hydroxylation sites is 2. The van der Waals surface area contributed by atoms with E-state index in [1.54, 1.807) is 4.40 Å². The SMILES string of the molecule is CC(C)Cc1cc(-c2[c-]cccc2)nc[c]1[Ge]([CH3])([CH3])[CH3].Cc1cc2c(cn1)oc1c(-c3nc4ccccc4n3-c3c(C(C)C)cc(-c4ccccc4)cc3C(C)C)[c-]ccc12.[Ir]. The number of fused-ring (bicyclic) bond motifs is 4. The molecule has 0 saturated carbocycles. The number of benzene rings is 5. The number of pyridine rings is 2. The summed E-state index contributed by atoms with van der Waals surface area (Å²) in [5.74, 6) is 9.41. The average molecular weight is 1050 g/mol. The van der Waals surface area contributed by atoms with Gasteiger partial charge in [-0.3, -0.25) is 9.97 Å². The summed E-state index contributed by atoms with van der Waals surface area (Å²) in [6, 6.07) is 47.1. The monoisotopic (exact) mass is 1060 g/mol. The first-order valence-electron chi connectivity index (χ1n) is 21.7. The summed E-state index contributed by atoms with van der Waals surface area (Å²) in [5, 5.41) is 2.11. The Balaban J connectivity index is 0.000000233. The van der Waals surface area contributed by atoms with Gasteiger partial charge in [0.05, 0.1) is 28.6 Å². The molecule has 0 aliphatic rings. The van der Waals surface area contributed by atoms with Gasteiger partial charge in [-0.25, -0.2) is 0 Å². The van der Waals surface area contributed by atoms with Gasteiger partial charge in [-0.15, -0.1) is 18.2 Å². The van der Waals surface area contributed by atoms with Crippen molar-refractivity contribution in [1.29, 1.82) is 0 Å².